The second-order valence-electron chi connectivity index (χ2n) is 15.8. The standard InChI is InChI=1S/C9H11F2OP.C9H13OP.3C7H8.8C3H7.C3H6.C2H6.3C2H5.C2H4.3CH3.2B.2Li.7Y.2H/c1-13(2,12)9(10,11)8-6-4-3-5-7-8;1-11(2,10)8-9-6-4-3-5-7-9;3*1-7-5-3-2-4-6-7;9*1-3-2;5*1-2;;;;;;;;;;;;;;;;/h3-7H,1-2H3;3-7H,8H2,1-2H3;3*2-6H,1H3;8*1,3H2,2H3;3H,1H2,2H3;1-2H3;3*1H2,2H3;1-2H2;3*1H3;;;;;;;;;;;;;/q;;;;;8*-1;;;3*-1;;3*-1;;;2*+1;;;;;;;;2*-1. The van der Waals surface area contributed by atoms with Crippen LogP contribution in [0.15, 0.2) is 177 Å². The zero-order chi connectivity index (χ0) is 68.1. The van der Waals surface area contributed by atoms with Crippen LogP contribution in [0.25, 0.3) is 0 Å². The molecule has 0 saturated carbocycles. The van der Waals surface area contributed by atoms with Crippen LogP contribution in [-0.2, 0) is 250 Å². The van der Waals surface area contributed by atoms with Gasteiger partial charge in [0.15, 0.2) is 7.14 Å². The van der Waals surface area contributed by atoms with Gasteiger partial charge in [-0.15, -0.1) is 19.7 Å². The van der Waals surface area contributed by atoms with Crippen LogP contribution < -0.4 is 37.7 Å². The molecule has 0 aliphatic carbocycles. The van der Waals surface area contributed by atoms with Crippen molar-refractivity contribution in [2.45, 2.75) is 181 Å². The first-order valence-corrected chi connectivity index (χ1v) is 34.4. The summed E-state index contributed by atoms with van der Waals surface area (Å²) in [7, 11) is -5.31. The van der Waals surface area contributed by atoms with Gasteiger partial charge in [-0.3, -0.25) is 0 Å². The Morgan fingerprint density at radius 3 is 0.625 bits per heavy atom. The summed E-state index contributed by atoms with van der Waals surface area (Å²) in [6.07, 6.45) is 10.5. The number of aryl methyl sites for hydroxylation is 3. The van der Waals surface area contributed by atoms with Crippen molar-refractivity contribution in [2.75, 3.05) is 26.7 Å². The first-order chi connectivity index (χ1) is 38.8. The summed E-state index contributed by atoms with van der Waals surface area (Å²) in [4.78, 5) is 0. The molecule has 541 valence electrons. The second kappa shape index (κ2) is 184. The van der Waals surface area contributed by atoms with Gasteiger partial charge in [0.05, 0.1) is 7.14 Å². The molecule has 0 heterocycles. The van der Waals surface area contributed by atoms with Gasteiger partial charge < -0.3 is 110 Å². The van der Waals surface area contributed by atoms with E-state index in [2.05, 4.69) is 153 Å². The minimum atomic E-state index is -3.42. The van der Waals surface area contributed by atoms with Crippen LogP contribution >= 0.6 is 14.3 Å². The van der Waals surface area contributed by atoms with Crippen LogP contribution in [0.5, 0.6) is 0 Å². The van der Waals surface area contributed by atoms with E-state index in [-0.39, 0.29) is 314 Å². The zero-order valence-electron chi connectivity index (χ0n) is 69.9. The predicted octanol–water partition coefficient (Wildman–Crippen LogP) is 22.3. The van der Waals surface area contributed by atoms with Crippen LogP contribution in [0.2, 0.25) is 0 Å². The molecule has 5 aromatic rings. The van der Waals surface area contributed by atoms with Crippen molar-refractivity contribution in [1.29, 1.82) is 0 Å². The molecule has 0 aromatic heterocycles. The van der Waals surface area contributed by atoms with Crippen molar-refractivity contribution in [3.63, 3.8) is 0 Å². The van der Waals surface area contributed by atoms with Crippen LogP contribution in [0.4, 0.5) is 8.78 Å². The number of halogens is 2. The van der Waals surface area contributed by atoms with E-state index < -0.39 is 19.9 Å². The van der Waals surface area contributed by atoms with E-state index in [1.165, 1.54) is 46.5 Å². The van der Waals surface area contributed by atoms with Gasteiger partial charge >= 0.3 is 43.4 Å². The molecule has 0 aliphatic rings. The maximum Gasteiger partial charge on any atom is 1.00 e. The third-order valence-corrected chi connectivity index (χ3v) is 8.76. The SMILES string of the molecule is C=C.C=CC.CC.CP(C)(=O)C(F)(F)c1ccccc1.CP(C)(=O)Cc1ccccc1.Cc1ccccc1.Cc1ccccc1.Cc1ccccc1.[B].[B].[CH2-]C.[CH2-]C.[CH2-]C.[CH2-]CC.[CH2-]CC.[CH2-]CC.[CH2-]CC.[CH2-]CC.[CH2-]CC.[CH2-]CC.[CH2-]CC.[CH3-].[CH3-].[CH3-].[H-].[H-].[Li+].[Li+].[Y].[Y].[Y].[Y].[Y].[Y].[Y]. The van der Waals surface area contributed by atoms with Gasteiger partial charge in [-0.2, -0.15) is 80.9 Å². The number of benzene rings is 5. The van der Waals surface area contributed by atoms with Gasteiger partial charge in [0.25, 0.3) is 0 Å². The molecule has 0 aliphatic heterocycles. The normalized spacial score (nSPS) is 6.90. The van der Waals surface area contributed by atoms with Crippen LogP contribution in [0.1, 0.15) is 179 Å². The fraction of sp³-hybridized carbons (Fsp3) is 0.392. The molecule has 0 N–H and O–H groups in total. The average Bonchev–Trinajstić information content (AvgIpc) is 3.45. The minimum Gasteiger partial charge on any atom is -1.00 e. The molecule has 96 heavy (non-hydrogen) atoms. The van der Waals surface area contributed by atoms with Crippen molar-refractivity contribution in [3.8, 4) is 0 Å². The molecule has 0 spiro atoms. The smallest absolute Gasteiger partial charge is 1.00 e. The van der Waals surface area contributed by atoms with Crippen LogP contribution in [0, 0.1) is 119 Å². The Morgan fingerprint density at radius 1 is 0.396 bits per heavy atom. The number of hydrogen-bond acceptors (Lipinski definition) is 2. The maximum absolute atomic E-state index is 13.4. The Hall–Kier alpha value is 4.95. The van der Waals surface area contributed by atoms with Crippen LogP contribution in [0.3, 0.4) is 0 Å². The summed E-state index contributed by atoms with van der Waals surface area (Å²) in [5.74, 6) is 0. The Kier molecular flexibility index (Phi) is 363. The Balaban J connectivity index is -0.0000000183. The second-order valence-corrected chi connectivity index (χ2v) is 22.6. The Bertz CT molecular complexity index is 1700. The first kappa shape index (κ1) is 190. The van der Waals surface area contributed by atoms with E-state index in [4.69, 9.17) is 0 Å². The fourth-order valence-electron chi connectivity index (χ4n) is 3.58. The predicted molar refractivity (Wildman–Crippen MR) is 423 cm³/mol. The van der Waals surface area contributed by atoms with Crippen molar-refractivity contribution >= 4 is 31.1 Å². The van der Waals surface area contributed by atoms with Gasteiger partial charge in [-0.05, 0) is 59.9 Å². The molecule has 0 saturated heterocycles. The Morgan fingerprint density at radius 2 is 0.521 bits per heavy atom. The largest absolute Gasteiger partial charge is 1.00 e. The number of hydrogen-bond donors (Lipinski definition) is 0. The number of rotatable bonds is 4. The van der Waals surface area contributed by atoms with Gasteiger partial charge in [-0.1, -0.05) is 244 Å². The van der Waals surface area contributed by atoms with Crippen molar-refractivity contribution in [3.05, 3.63) is 304 Å². The van der Waals surface area contributed by atoms with Crippen molar-refractivity contribution < 1.29 is 287 Å². The minimum absolute atomic E-state index is 0. The summed E-state index contributed by atoms with van der Waals surface area (Å²) in [6.45, 7) is 86.3. The molecule has 5 rings (SSSR count). The molecule has 0 unspecified atom stereocenters. The average molecular weight is 1890 g/mol. The van der Waals surface area contributed by atoms with E-state index in [0.717, 1.165) is 64.7 Å². The van der Waals surface area contributed by atoms with E-state index >= 15 is 0 Å². The van der Waals surface area contributed by atoms with E-state index in [1.54, 1.807) is 32.9 Å². The Labute approximate surface area is 816 Å². The molecule has 0 amide bonds. The van der Waals surface area contributed by atoms with Gasteiger partial charge in [0.1, 0.15) is 0 Å². The van der Waals surface area contributed by atoms with E-state index in [1.807, 2.05) is 174 Å². The monoisotopic (exact) mass is 1890 g/mol. The molecule has 0 fully saturated rings. The molecule has 13 radical (unpaired) electrons. The van der Waals surface area contributed by atoms with E-state index in [0.29, 0.717) is 6.16 Å². The van der Waals surface area contributed by atoms with Crippen molar-refractivity contribution in [1.82, 2.24) is 0 Å². The number of alkyl halides is 2. The molecular formula is C79H146B2F2Li2O2P2Y7-14. The summed E-state index contributed by atoms with van der Waals surface area (Å²) >= 11 is 0. The summed E-state index contributed by atoms with van der Waals surface area (Å²) in [5.41, 5.74) is 1.74. The quantitative estimate of drug-likeness (QED) is 0.0778. The number of allylic oxidation sites excluding steroid dienone is 1. The summed E-state index contributed by atoms with van der Waals surface area (Å²) < 4.78 is 49.5. The first-order valence-electron chi connectivity index (χ1n) is 29.0. The van der Waals surface area contributed by atoms with Crippen LogP contribution in [-0.4, -0.2) is 43.5 Å². The van der Waals surface area contributed by atoms with Gasteiger partial charge in [0, 0.05) is 258 Å². The topological polar surface area (TPSA) is 34.1 Å². The fourth-order valence-corrected chi connectivity index (χ4v) is 5.44. The molecule has 2 nitrogen and oxygen atoms in total. The molecule has 0 bridgehead atoms. The van der Waals surface area contributed by atoms with Gasteiger partial charge in [-0.25, -0.2) is 0 Å². The molecular weight excluding hydrogens is 1740 g/mol. The zero-order valence-corrected chi connectivity index (χ0v) is 89.6. The molecule has 5 aromatic carbocycles. The molecule has 17 heteroatoms. The summed E-state index contributed by atoms with van der Waals surface area (Å²) in [6, 6.07) is 48.0. The summed E-state index contributed by atoms with van der Waals surface area (Å²) in [5, 5.41) is 0. The third-order valence-electron chi connectivity index (χ3n) is 6.02. The third kappa shape index (κ3) is 225. The maximum atomic E-state index is 13.4. The van der Waals surface area contributed by atoms with Crippen molar-refractivity contribution in [2.24, 2.45) is 0 Å². The van der Waals surface area contributed by atoms with E-state index in [9.17, 15) is 17.9 Å². The van der Waals surface area contributed by atoms with Gasteiger partial charge in [0.2, 0.25) is 0 Å². The molecule has 0 atom stereocenters.